The first-order valence-electron chi connectivity index (χ1n) is 7.48. The van der Waals surface area contributed by atoms with Gasteiger partial charge < -0.3 is 14.3 Å². The number of ether oxygens (including phenoxy) is 1. The van der Waals surface area contributed by atoms with Gasteiger partial charge in [-0.3, -0.25) is 4.79 Å². The van der Waals surface area contributed by atoms with E-state index in [-0.39, 0.29) is 11.5 Å². The lowest BCUT2D eigenvalue weighted by molar-refractivity contribution is -0.114. The molecule has 0 atom stereocenters. The van der Waals surface area contributed by atoms with Gasteiger partial charge in [-0.2, -0.15) is 0 Å². The number of aromatic hydroxyl groups is 1. The molecular formula is C18H20O4. The van der Waals surface area contributed by atoms with E-state index >= 15 is 0 Å². The van der Waals surface area contributed by atoms with Crippen LogP contribution in [0.15, 0.2) is 10.5 Å². The molecule has 0 bridgehead atoms. The Hall–Kier alpha value is -2.23. The molecular weight excluding hydrogens is 280 g/mol. The van der Waals surface area contributed by atoms with Crippen molar-refractivity contribution in [2.75, 3.05) is 7.11 Å². The van der Waals surface area contributed by atoms with Gasteiger partial charge in [-0.25, -0.2) is 0 Å². The number of allylic oxidation sites excluding steroid dienone is 2. The molecule has 3 rings (SSSR count). The molecule has 2 aromatic rings. The first-order valence-corrected chi connectivity index (χ1v) is 7.48. The van der Waals surface area contributed by atoms with E-state index in [0.717, 1.165) is 35.1 Å². The number of ketones is 1. The summed E-state index contributed by atoms with van der Waals surface area (Å²) < 4.78 is 11.5. The Labute approximate surface area is 129 Å². The molecule has 116 valence electrons. The number of fused-ring (bicyclic) bond motifs is 1. The van der Waals surface area contributed by atoms with Crippen molar-refractivity contribution in [1.82, 2.24) is 0 Å². The number of hydrogen-bond acceptors (Lipinski definition) is 4. The van der Waals surface area contributed by atoms with E-state index in [4.69, 9.17) is 9.15 Å². The minimum absolute atomic E-state index is 0.108. The van der Waals surface area contributed by atoms with E-state index in [2.05, 4.69) is 0 Å². The number of benzene rings is 1. The zero-order chi connectivity index (χ0) is 16.0. The quantitative estimate of drug-likeness (QED) is 0.902. The summed E-state index contributed by atoms with van der Waals surface area (Å²) >= 11 is 0. The summed E-state index contributed by atoms with van der Waals surface area (Å²) in [5, 5.41) is 11.1. The van der Waals surface area contributed by atoms with Crippen molar-refractivity contribution >= 4 is 22.3 Å². The van der Waals surface area contributed by atoms with Crippen LogP contribution in [-0.2, 0) is 4.79 Å². The molecule has 0 unspecified atom stereocenters. The maximum absolute atomic E-state index is 11.7. The normalized spacial score (nSPS) is 15.3. The van der Waals surface area contributed by atoms with Crippen LogP contribution in [0.1, 0.15) is 41.7 Å². The third-order valence-electron chi connectivity index (χ3n) is 4.62. The summed E-state index contributed by atoms with van der Waals surface area (Å²) in [7, 11) is 1.56. The minimum Gasteiger partial charge on any atom is -0.507 e. The summed E-state index contributed by atoms with van der Waals surface area (Å²) in [6.07, 6.45) is 3.80. The maximum Gasteiger partial charge on any atom is 0.176 e. The predicted octanol–water partition coefficient (Wildman–Crippen LogP) is 4.21. The molecule has 0 saturated heterocycles. The highest BCUT2D eigenvalue weighted by Gasteiger charge is 2.26. The summed E-state index contributed by atoms with van der Waals surface area (Å²) in [5.74, 6) is 1.37. The summed E-state index contributed by atoms with van der Waals surface area (Å²) in [6.45, 7) is 5.81. The number of phenols is 1. The topological polar surface area (TPSA) is 59.7 Å². The highest BCUT2D eigenvalue weighted by Crippen LogP contribution is 2.46. The average Bonchev–Trinajstić information content (AvgIpc) is 2.90. The van der Waals surface area contributed by atoms with Crippen molar-refractivity contribution in [2.45, 2.75) is 40.0 Å². The van der Waals surface area contributed by atoms with E-state index < -0.39 is 0 Å². The van der Waals surface area contributed by atoms with Gasteiger partial charge in [0, 0.05) is 12.0 Å². The van der Waals surface area contributed by atoms with Gasteiger partial charge in [-0.05, 0) is 56.4 Å². The van der Waals surface area contributed by atoms with Crippen molar-refractivity contribution in [1.29, 1.82) is 0 Å². The summed E-state index contributed by atoms with van der Waals surface area (Å²) in [4.78, 5) is 11.7. The molecule has 1 aromatic carbocycles. The Balaban J connectivity index is 2.36. The van der Waals surface area contributed by atoms with E-state index in [0.29, 0.717) is 28.9 Å². The van der Waals surface area contributed by atoms with Crippen LogP contribution in [-0.4, -0.2) is 18.0 Å². The van der Waals surface area contributed by atoms with E-state index in [1.807, 2.05) is 20.8 Å². The summed E-state index contributed by atoms with van der Waals surface area (Å²) in [5.41, 5.74) is 4.29. The van der Waals surface area contributed by atoms with Gasteiger partial charge in [0.15, 0.2) is 17.3 Å². The monoisotopic (exact) mass is 300 g/mol. The third-order valence-corrected chi connectivity index (χ3v) is 4.62. The largest absolute Gasteiger partial charge is 0.507 e. The second kappa shape index (κ2) is 5.20. The minimum atomic E-state index is 0.108. The highest BCUT2D eigenvalue weighted by atomic mass is 16.5. The van der Waals surface area contributed by atoms with Gasteiger partial charge in [0.2, 0.25) is 0 Å². The molecule has 1 heterocycles. The second-order valence-corrected chi connectivity index (χ2v) is 5.88. The smallest absolute Gasteiger partial charge is 0.176 e. The molecule has 4 heteroatoms. The number of carbonyl (C=O) groups is 1. The maximum atomic E-state index is 11.7. The van der Waals surface area contributed by atoms with Crippen molar-refractivity contribution in [3.63, 3.8) is 0 Å². The van der Waals surface area contributed by atoms with Crippen LogP contribution in [0.3, 0.4) is 0 Å². The van der Waals surface area contributed by atoms with Crippen molar-refractivity contribution in [3.8, 4) is 11.5 Å². The van der Waals surface area contributed by atoms with Crippen LogP contribution in [0.25, 0.3) is 16.5 Å². The zero-order valence-corrected chi connectivity index (χ0v) is 13.4. The number of rotatable bonds is 2. The van der Waals surface area contributed by atoms with Crippen molar-refractivity contribution < 1.29 is 19.1 Å². The Bertz CT molecular complexity index is 809. The average molecular weight is 300 g/mol. The van der Waals surface area contributed by atoms with Crippen molar-refractivity contribution in [3.05, 3.63) is 28.5 Å². The number of carbonyl (C=O) groups excluding carboxylic acids is 1. The molecule has 0 amide bonds. The van der Waals surface area contributed by atoms with E-state index in [1.54, 1.807) is 13.2 Å². The second-order valence-electron chi connectivity index (χ2n) is 5.88. The van der Waals surface area contributed by atoms with Crippen molar-refractivity contribution in [2.24, 2.45) is 0 Å². The van der Waals surface area contributed by atoms with Gasteiger partial charge in [0.1, 0.15) is 16.7 Å². The lowest BCUT2D eigenvalue weighted by atomic mass is 9.95. The van der Waals surface area contributed by atoms with Gasteiger partial charge >= 0.3 is 0 Å². The Kier molecular flexibility index (Phi) is 3.47. The Morgan fingerprint density at radius 2 is 1.86 bits per heavy atom. The van der Waals surface area contributed by atoms with Gasteiger partial charge in [-0.1, -0.05) is 0 Å². The van der Waals surface area contributed by atoms with E-state index in [1.165, 1.54) is 0 Å². The highest BCUT2D eigenvalue weighted by molar-refractivity contribution is 6.02. The number of hydrogen-bond donors (Lipinski definition) is 1. The number of methoxy groups -OCH3 is 1. The third kappa shape index (κ3) is 2.02. The molecule has 0 aliphatic heterocycles. The van der Waals surface area contributed by atoms with Gasteiger partial charge in [-0.15, -0.1) is 0 Å². The van der Waals surface area contributed by atoms with Crippen LogP contribution in [0.2, 0.25) is 0 Å². The fourth-order valence-electron chi connectivity index (χ4n) is 3.09. The molecule has 1 N–H and O–H groups in total. The molecule has 22 heavy (non-hydrogen) atoms. The number of phenolic OH excluding ortho intramolecular Hbond substituents is 1. The fraction of sp³-hybridized carbons (Fsp3) is 0.389. The first kappa shape index (κ1) is 14.7. The Morgan fingerprint density at radius 1 is 1.14 bits per heavy atom. The van der Waals surface area contributed by atoms with Crippen LogP contribution < -0.4 is 4.74 Å². The van der Waals surface area contributed by atoms with Crippen LogP contribution in [0.5, 0.6) is 11.5 Å². The standard InChI is InChI=1S/C18H20O4/c1-9-10(2)15(20)14-16(11(9)3)22-17(18(14)21-4)12-6-5-7-13(19)8-12/h8,20H,5-7H2,1-4H3. The number of aryl methyl sites for hydroxylation is 1. The molecule has 1 aliphatic carbocycles. The number of furan rings is 1. The SMILES string of the molecule is COc1c(C2=CC(=O)CCC2)oc2c(C)c(C)c(C)c(O)c12. The molecule has 0 saturated carbocycles. The predicted molar refractivity (Wildman–Crippen MR) is 85.5 cm³/mol. The molecule has 0 radical (unpaired) electrons. The van der Waals surface area contributed by atoms with Crippen LogP contribution in [0, 0.1) is 20.8 Å². The molecule has 4 nitrogen and oxygen atoms in total. The lowest BCUT2D eigenvalue weighted by Crippen LogP contribution is -2.02. The van der Waals surface area contributed by atoms with Gasteiger partial charge in [0.05, 0.1) is 7.11 Å². The Morgan fingerprint density at radius 3 is 2.50 bits per heavy atom. The molecule has 0 spiro atoms. The molecule has 0 fully saturated rings. The summed E-state index contributed by atoms with van der Waals surface area (Å²) in [6, 6.07) is 0. The lowest BCUT2D eigenvalue weighted by Gasteiger charge is -2.11. The first-order chi connectivity index (χ1) is 10.5. The molecule has 1 aliphatic rings. The van der Waals surface area contributed by atoms with Crippen LogP contribution >= 0.6 is 0 Å². The molecule has 1 aromatic heterocycles. The van der Waals surface area contributed by atoms with Crippen LogP contribution in [0.4, 0.5) is 0 Å². The zero-order valence-electron chi connectivity index (χ0n) is 13.4. The fourth-order valence-corrected chi connectivity index (χ4v) is 3.09. The van der Waals surface area contributed by atoms with E-state index in [9.17, 15) is 9.90 Å². The van der Waals surface area contributed by atoms with Gasteiger partial charge in [0.25, 0.3) is 0 Å².